The molecule has 2 aromatic carbocycles. The van der Waals surface area contributed by atoms with Crippen molar-refractivity contribution in [1.29, 1.82) is 0 Å². The molecule has 0 radical (unpaired) electrons. The molecule has 0 bridgehead atoms. The lowest BCUT2D eigenvalue weighted by molar-refractivity contribution is -0.122. The Bertz CT molecular complexity index is 986. The van der Waals surface area contributed by atoms with Crippen molar-refractivity contribution in [3.8, 4) is 34.3 Å². The van der Waals surface area contributed by atoms with Gasteiger partial charge in [-0.3, -0.25) is 4.79 Å². The highest BCUT2D eigenvalue weighted by Crippen LogP contribution is 2.44. The molecule has 140 valence electrons. The van der Waals surface area contributed by atoms with Gasteiger partial charge in [0.1, 0.15) is 5.75 Å². The van der Waals surface area contributed by atoms with Crippen molar-refractivity contribution in [2.45, 2.75) is 6.92 Å². The Kier molecular flexibility index (Phi) is 5.30. The minimum absolute atomic E-state index is 0.205. The van der Waals surface area contributed by atoms with E-state index in [1.807, 2.05) is 30.3 Å². The first kappa shape index (κ1) is 18.3. The number of hydrogen-bond acceptors (Lipinski definition) is 6. The molecule has 0 unspecified atom stereocenters. The zero-order chi connectivity index (χ0) is 19.4. The maximum absolute atomic E-state index is 8.36. The van der Waals surface area contributed by atoms with Gasteiger partial charge in [0.2, 0.25) is 12.5 Å². The van der Waals surface area contributed by atoms with E-state index in [1.54, 1.807) is 14.2 Å². The zero-order valence-corrected chi connectivity index (χ0v) is 15.2. The largest absolute Gasteiger partial charge is 0.497 e. The Hall–Kier alpha value is -3.48. The molecule has 3 aromatic rings. The van der Waals surface area contributed by atoms with Crippen molar-refractivity contribution < 1.29 is 28.8 Å². The quantitative estimate of drug-likeness (QED) is 0.705. The summed E-state index contributed by atoms with van der Waals surface area (Å²) in [6, 6.07) is 11.8. The maximum atomic E-state index is 8.36. The highest BCUT2D eigenvalue weighted by Gasteiger charge is 2.21. The average Bonchev–Trinajstić information content (AvgIpc) is 3.16. The van der Waals surface area contributed by atoms with E-state index in [0.29, 0.717) is 17.2 Å². The van der Waals surface area contributed by atoms with Crippen molar-refractivity contribution in [2.24, 2.45) is 0 Å². The molecule has 1 aliphatic rings. The molecule has 7 nitrogen and oxygen atoms in total. The Morgan fingerprint density at radius 3 is 2.59 bits per heavy atom. The van der Waals surface area contributed by atoms with Gasteiger partial charge in [-0.15, -0.1) is 0 Å². The number of aromatic nitrogens is 1. The molecule has 1 aromatic heterocycles. The molecule has 0 aliphatic carbocycles. The second-order valence-corrected chi connectivity index (χ2v) is 5.73. The van der Waals surface area contributed by atoms with Crippen LogP contribution in [0.3, 0.4) is 0 Å². The predicted molar refractivity (Wildman–Crippen MR) is 99.8 cm³/mol. The van der Waals surface area contributed by atoms with E-state index < -0.39 is 0 Å². The summed E-state index contributed by atoms with van der Waals surface area (Å²) in [4.78, 5) is 13.1. The number of rotatable bonds is 3. The number of pyridine rings is 1. The summed E-state index contributed by atoms with van der Waals surface area (Å²) in [5.41, 5.74) is 3.81. The molecule has 27 heavy (non-hydrogen) atoms. The molecule has 0 saturated heterocycles. The molecule has 2 heterocycles. The van der Waals surface area contributed by atoms with Crippen LogP contribution in [0, 0.1) is 6.92 Å². The Morgan fingerprint density at radius 2 is 1.89 bits per heavy atom. The zero-order valence-electron chi connectivity index (χ0n) is 15.2. The Balaban J connectivity index is 0.000000659. The van der Waals surface area contributed by atoms with E-state index in [4.69, 9.17) is 33.8 Å². The van der Waals surface area contributed by atoms with Gasteiger partial charge in [-0.1, -0.05) is 0 Å². The lowest BCUT2D eigenvalue weighted by Gasteiger charge is -2.11. The Labute approximate surface area is 156 Å². The van der Waals surface area contributed by atoms with Crippen LogP contribution in [0.1, 0.15) is 5.56 Å². The van der Waals surface area contributed by atoms with Gasteiger partial charge in [-0.05, 0) is 42.8 Å². The molecule has 4 rings (SSSR count). The van der Waals surface area contributed by atoms with Crippen LogP contribution in [-0.2, 0) is 4.79 Å². The van der Waals surface area contributed by atoms with Gasteiger partial charge < -0.3 is 24.1 Å². The molecular weight excluding hydrogens is 350 g/mol. The monoisotopic (exact) mass is 369 g/mol. The fraction of sp³-hybridized carbons (Fsp3) is 0.200. The van der Waals surface area contributed by atoms with Crippen molar-refractivity contribution >= 4 is 17.4 Å². The summed E-state index contributed by atoms with van der Waals surface area (Å²) < 4.78 is 21.7. The third-order valence-corrected chi connectivity index (χ3v) is 4.18. The van der Waals surface area contributed by atoms with Crippen molar-refractivity contribution in [2.75, 3.05) is 21.0 Å². The van der Waals surface area contributed by atoms with Crippen molar-refractivity contribution in [3.63, 3.8) is 0 Å². The molecule has 7 heteroatoms. The van der Waals surface area contributed by atoms with Gasteiger partial charge in [0.05, 0.1) is 25.4 Å². The van der Waals surface area contributed by atoms with Gasteiger partial charge in [0, 0.05) is 17.0 Å². The SMILES string of the molecule is COc1ccc2c(C)cc(-c3cc(OC)c4c(c3)OCO4)nc2c1.O=CO. The van der Waals surface area contributed by atoms with Crippen molar-refractivity contribution in [3.05, 3.63) is 42.0 Å². The van der Waals surface area contributed by atoms with Gasteiger partial charge in [0.15, 0.2) is 11.5 Å². The number of nitrogens with zero attached hydrogens (tertiary/aromatic N) is 1. The smallest absolute Gasteiger partial charge is 0.290 e. The molecule has 0 saturated carbocycles. The summed E-state index contributed by atoms with van der Waals surface area (Å²) in [5.74, 6) is 2.75. The lowest BCUT2D eigenvalue weighted by atomic mass is 10.0. The van der Waals surface area contributed by atoms with Crippen LogP contribution < -0.4 is 18.9 Å². The average molecular weight is 369 g/mol. The first-order valence-corrected chi connectivity index (χ1v) is 8.12. The normalized spacial score (nSPS) is 11.5. The number of methoxy groups -OCH3 is 2. The van der Waals surface area contributed by atoms with Crippen LogP contribution in [0.15, 0.2) is 36.4 Å². The fourth-order valence-corrected chi connectivity index (χ4v) is 2.93. The number of ether oxygens (including phenoxy) is 4. The molecule has 0 spiro atoms. The molecule has 0 fully saturated rings. The number of fused-ring (bicyclic) bond motifs is 2. The van der Waals surface area contributed by atoms with E-state index >= 15 is 0 Å². The van der Waals surface area contributed by atoms with Gasteiger partial charge in [0.25, 0.3) is 6.47 Å². The van der Waals surface area contributed by atoms with Gasteiger partial charge >= 0.3 is 0 Å². The number of hydrogen-bond donors (Lipinski definition) is 1. The first-order valence-electron chi connectivity index (χ1n) is 8.12. The fourth-order valence-electron chi connectivity index (χ4n) is 2.93. The molecule has 0 amide bonds. The van der Waals surface area contributed by atoms with Gasteiger partial charge in [-0.25, -0.2) is 4.98 Å². The lowest BCUT2D eigenvalue weighted by Crippen LogP contribution is -1.93. The summed E-state index contributed by atoms with van der Waals surface area (Å²) >= 11 is 0. The summed E-state index contributed by atoms with van der Waals surface area (Å²) in [6.45, 7) is 2.03. The van der Waals surface area contributed by atoms with Crippen LogP contribution in [-0.4, -0.2) is 37.6 Å². The standard InChI is InChI=1S/C19H17NO4.CH2O2/c1-11-6-15(20-16-9-13(21-2)4-5-14(11)16)12-7-17(22-3)19-18(8-12)23-10-24-19;2-1-3/h4-9H,10H2,1-3H3;1H,(H,2,3). The number of carbonyl (C=O) groups is 1. The van der Waals surface area contributed by atoms with Crippen LogP contribution in [0.25, 0.3) is 22.2 Å². The van der Waals surface area contributed by atoms with Crippen LogP contribution >= 0.6 is 0 Å². The Morgan fingerprint density at radius 1 is 1.11 bits per heavy atom. The van der Waals surface area contributed by atoms with Crippen LogP contribution in [0.4, 0.5) is 0 Å². The molecule has 1 N–H and O–H groups in total. The van der Waals surface area contributed by atoms with Crippen LogP contribution in [0.2, 0.25) is 0 Å². The molecule has 1 aliphatic heterocycles. The second kappa shape index (κ2) is 7.82. The summed E-state index contributed by atoms with van der Waals surface area (Å²) in [7, 11) is 3.27. The highest BCUT2D eigenvalue weighted by molar-refractivity contribution is 5.86. The van der Waals surface area contributed by atoms with Crippen LogP contribution in [0.5, 0.6) is 23.0 Å². The van der Waals surface area contributed by atoms with E-state index in [2.05, 4.69) is 13.0 Å². The second-order valence-electron chi connectivity index (χ2n) is 5.73. The predicted octanol–water partition coefficient (Wildman–Crippen LogP) is 3.66. The molecule has 0 atom stereocenters. The molecular formula is C20H19NO6. The topological polar surface area (TPSA) is 87.1 Å². The summed E-state index contributed by atoms with van der Waals surface area (Å²) in [5, 5.41) is 7.99. The van der Waals surface area contributed by atoms with E-state index in [9.17, 15) is 0 Å². The third-order valence-electron chi connectivity index (χ3n) is 4.18. The van der Waals surface area contributed by atoms with Gasteiger partial charge in [-0.2, -0.15) is 0 Å². The maximum Gasteiger partial charge on any atom is 0.290 e. The van der Waals surface area contributed by atoms with E-state index in [1.165, 1.54) is 0 Å². The first-order chi connectivity index (χ1) is 13.1. The number of aryl methyl sites for hydroxylation is 1. The minimum Gasteiger partial charge on any atom is -0.497 e. The summed E-state index contributed by atoms with van der Waals surface area (Å²) in [6.07, 6.45) is 0. The minimum atomic E-state index is -0.250. The van der Waals surface area contributed by atoms with E-state index in [0.717, 1.165) is 33.5 Å². The number of carboxylic acid groups (broad SMARTS) is 1. The third kappa shape index (κ3) is 3.57. The highest BCUT2D eigenvalue weighted by atomic mass is 16.7. The van der Waals surface area contributed by atoms with Crippen molar-refractivity contribution in [1.82, 2.24) is 4.98 Å². The van der Waals surface area contributed by atoms with E-state index in [-0.39, 0.29) is 13.3 Å². The number of benzene rings is 2.